The van der Waals surface area contributed by atoms with Gasteiger partial charge in [-0.15, -0.1) is 0 Å². The molecule has 0 fully saturated rings. The van der Waals surface area contributed by atoms with Crippen molar-refractivity contribution in [2.45, 2.75) is 13.8 Å². The average Bonchev–Trinajstić information content (AvgIpc) is 3.81. The molecule has 0 aliphatic carbocycles. The first kappa shape index (κ1) is 34.0. The monoisotopic (exact) mass is 782 g/mol. The molecule has 14 rings (SSSR count). The lowest BCUT2D eigenvalue weighted by molar-refractivity contribution is 1.39. The standard InChI is InChI=1S/C62H38/c1-35-15-11-16-36(2)54(35)49-31-32-50-58-52(33-39-19-5-8-24-42(39)56(49)58)62-60(46-28-13-21-38-18-4-7-23-41(38)46)59-48-30-14-29-47-43-25-9-10-26-44(43)51(55(47)48)34-53(59)57(61(50)62)45-27-12-20-37-17-3-6-22-40(37)45/h3-34H,1-2H3. The number of hydrogen-bond acceptors (Lipinski definition) is 0. The molecule has 0 amide bonds. The van der Waals surface area contributed by atoms with Crippen LogP contribution in [0.4, 0.5) is 0 Å². The summed E-state index contributed by atoms with van der Waals surface area (Å²) in [6, 6.07) is 73.6. The lowest BCUT2D eigenvalue weighted by Gasteiger charge is -2.20. The second-order valence-corrected chi connectivity index (χ2v) is 17.5. The second-order valence-electron chi connectivity index (χ2n) is 17.5. The Hall–Kier alpha value is -7.80. The fourth-order valence-electron chi connectivity index (χ4n) is 11.9. The van der Waals surface area contributed by atoms with Gasteiger partial charge in [-0.25, -0.2) is 0 Å². The van der Waals surface area contributed by atoms with Crippen molar-refractivity contribution in [2.75, 3.05) is 0 Å². The van der Waals surface area contributed by atoms with E-state index in [0.29, 0.717) is 0 Å². The van der Waals surface area contributed by atoms with Crippen LogP contribution in [0.2, 0.25) is 0 Å². The van der Waals surface area contributed by atoms with Gasteiger partial charge in [0.1, 0.15) is 0 Å². The molecule has 0 aliphatic rings. The summed E-state index contributed by atoms with van der Waals surface area (Å²) in [5.74, 6) is 0. The van der Waals surface area contributed by atoms with Crippen molar-refractivity contribution in [3.8, 4) is 33.4 Å². The zero-order valence-corrected chi connectivity index (χ0v) is 34.5. The molecule has 0 N–H and O–H groups in total. The third-order valence-electron chi connectivity index (χ3n) is 14.3. The molecule has 0 unspecified atom stereocenters. The molecular formula is C62H38. The van der Waals surface area contributed by atoms with Gasteiger partial charge in [-0.1, -0.05) is 182 Å². The van der Waals surface area contributed by atoms with Crippen LogP contribution in [0.3, 0.4) is 0 Å². The summed E-state index contributed by atoms with van der Waals surface area (Å²) in [5.41, 5.74) is 10.4. The zero-order chi connectivity index (χ0) is 40.8. The highest BCUT2D eigenvalue weighted by Gasteiger charge is 2.29. The maximum absolute atomic E-state index is 2.57. The smallest absolute Gasteiger partial charge is 0.000674 e. The SMILES string of the molecule is Cc1cccc(C)c1-c1ccc2c3c(-c4cccc5ccccc45)c4cc5c6ccccc6c6cccc(c4c(-c4cccc7ccccc47)c3c3cc4ccccc4c1c23)c65. The minimum absolute atomic E-state index is 1.25. The summed E-state index contributed by atoms with van der Waals surface area (Å²) < 4.78 is 0. The Kier molecular flexibility index (Phi) is 6.78. The van der Waals surface area contributed by atoms with Crippen molar-refractivity contribution in [3.05, 3.63) is 205 Å². The van der Waals surface area contributed by atoms with Crippen LogP contribution >= 0.6 is 0 Å². The van der Waals surface area contributed by atoms with Crippen LogP contribution in [-0.4, -0.2) is 0 Å². The molecular weight excluding hydrogens is 745 g/mol. The molecule has 62 heavy (non-hydrogen) atoms. The first-order valence-electron chi connectivity index (χ1n) is 21.9. The quantitative estimate of drug-likeness (QED) is 0.157. The molecule has 286 valence electrons. The van der Waals surface area contributed by atoms with Gasteiger partial charge in [0.25, 0.3) is 0 Å². The van der Waals surface area contributed by atoms with Gasteiger partial charge >= 0.3 is 0 Å². The van der Waals surface area contributed by atoms with Gasteiger partial charge in [0, 0.05) is 0 Å². The molecule has 0 heteroatoms. The Morgan fingerprint density at radius 3 is 1.42 bits per heavy atom. The van der Waals surface area contributed by atoms with Gasteiger partial charge in [0.05, 0.1) is 0 Å². The number of benzene rings is 12. The maximum atomic E-state index is 2.57. The van der Waals surface area contributed by atoms with Crippen LogP contribution < -0.4 is 0 Å². The van der Waals surface area contributed by atoms with Crippen LogP contribution in [0.25, 0.3) is 141 Å². The van der Waals surface area contributed by atoms with Gasteiger partial charge in [0.15, 0.2) is 0 Å². The molecule has 0 saturated carbocycles. The predicted molar refractivity (Wildman–Crippen MR) is 270 cm³/mol. The van der Waals surface area contributed by atoms with Crippen molar-refractivity contribution in [3.63, 3.8) is 0 Å². The van der Waals surface area contributed by atoms with E-state index in [-0.39, 0.29) is 0 Å². The lowest BCUT2D eigenvalue weighted by atomic mass is 9.82. The van der Waals surface area contributed by atoms with Crippen LogP contribution in [0, 0.1) is 13.8 Å². The first-order valence-corrected chi connectivity index (χ1v) is 21.9. The molecule has 0 aromatic heterocycles. The van der Waals surface area contributed by atoms with E-state index in [9.17, 15) is 0 Å². The number of rotatable bonds is 3. The van der Waals surface area contributed by atoms with Gasteiger partial charge < -0.3 is 0 Å². The van der Waals surface area contributed by atoms with E-state index < -0.39 is 0 Å². The molecule has 0 heterocycles. The Morgan fingerprint density at radius 2 is 0.710 bits per heavy atom. The highest BCUT2D eigenvalue weighted by molar-refractivity contribution is 6.47. The van der Waals surface area contributed by atoms with Crippen molar-refractivity contribution in [2.24, 2.45) is 0 Å². The van der Waals surface area contributed by atoms with E-state index in [1.807, 2.05) is 0 Å². The normalized spacial score (nSPS) is 12.4. The maximum Gasteiger partial charge on any atom is -0.000674 e. The van der Waals surface area contributed by atoms with E-state index in [1.54, 1.807) is 0 Å². The highest BCUT2D eigenvalue weighted by atomic mass is 14.3. The minimum Gasteiger partial charge on any atom is -0.0617 e. The molecule has 0 spiro atoms. The number of fused-ring (bicyclic) bond motifs is 12. The topological polar surface area (TPSA) is 0 Å². The Morgan fingerprint density at radius 1 is 0.210 bits per heavy atom. The molecule has 14 aromatic carbocycles. The summed E-state index contributed by atoms with van der Waals surface area (Å²) in [4.78, 5) is 0. The number of aryl methyl sites for hydroxylation is 2. The molecule has 0 bridgehead atoms. The third kappa shape index (κ3) is 4.36. The van der Waals surface area contributed by atoms with E-state index in [0.717, 1.165) is 0 Å². The number of hydrogen-bond donors (Lipinski definition) is 0. The summed E-state index contributed by atoms with van der Waals surface area (Å²) >= 11 is 0. The Bertz CT molecular complexity index is 4190. The minimum atomic E-state index is 1.25. The van der Waals surface area contributed by atoms with Gasteiger partial charge in [-0.05, 0) is 178 Å². The van der Waals surface area contributed by atoms with Crippen LogP contribution in [-0.2, 0) is 0 Å². The second kappa shape index (κ2) is 12.4. The van der Waals surface area contributed by atoms with E-state index >= 15 is 0 Å². The van der Waals surface area contributed by atoms with Crippen molar-refractivity contribution >= 4 is 108 Å². The molecule has 0 saturated heterocycles. The summed E-state index contributed by atoms with van der Waals surface area (Å²) in [7, 11) is 0. The molecule has 14 aromatic rings. The Labute approximate surface area is 358 Å². The molecule has 0 aliphatic heterocycles. The Balaban J connectivity index is 1.35. The summed E-state index contributed by atoms with van der Waals surface area (Å²) in [6.07, 6.45) is 0. The van der Waals surface area contributed by atoms with Gasteiger partial charge in [-0.2, -0.15) is 0 Å². The van der Waals surface area contributed by atoms with Crippen molar-refractivity contribution < 1.29 is 0 Å². The molecule has 0 radical (unpaired) electrons. The predicted octanol–water partition coefficient (Wildman–Crippen LogP) is 17.7. The molecule has 0 nitrogen and oxygen atoms in total. The zero-order valence-electron chi connectivity index (χ0n) is 34.5. The average molecular weight is 783 g/mol. The van der Waals surface area contributed by atoms with Crippen LogP contribution in [0.5, 0.6) is 0 Å². The van der Waals surface area contributed by atoms with E-state index in [4.69, 9.17) is 0 Å². The first-order chi connectivity index (χ1) is 30.6. The van der Waals surface area contributed by atoms with Gasteiger partial charge in [-0.3, -0.25) is 0 Å². The highest BCUT2D eigenvalue weighted by Crippen LogP contribution is 2.57. The van der Waals surface area contributed by atoms with Crippen LogP contribution in [0.1, 0.15) is 11.1 Å². The summed E-state index contributed by atoms with van der Waals surface area (Å²) in [5, 5.41) is 26.1. The fraction of sp³-hybridized carbons (Fsp3) is 0.0323. The van der Waals surface area contributed by atoms with Crippen LogP contribution in [0.15, 0.2) is 194 Å². The summed E-state index contributed by atoms with van der Waals surface area (Å²) in [6.45, 7) is 4.54. The van der Waals surface area contributed by atoms with Gasteiger partial charge in [0.2, 0.25) is 0 Å². The molecule has 0 atom stereocenters. The van der Waals surface area contributed by atoms with Crippen molar-refractivity contribution in [1.29, 1.82) is 0 Å². The largest absolute Gasteiger partial charge is 0.0617 e. The fourth-order valence-corrected chi connectivity index (χ4v) is 11.9. The van der Waals surface area contributed by atoms with E-state index in [2.05, 4.69) is 208 Å². The van der Waals surface area contributed by atoms with E-state index in [1.165, 1.54) is 152 Å². The third-order valence-corrected chi connectivity index (χ3v) is 14.3. The lowest BCUT2D eigenvalue weighted by Crippen LogP contribution is -1.93. The van der Waals surface area contributed by atoms with Crippen molar-refractivity contribution in [1.82, 2.24) is 0 Å².